The summed E-state index contributed by atoms with van der Waals surface area (Å²) in [5.41, 5.74) is 8.52. The molecular formula is C17H16N2OS. The summed E-state index contributed by atoms with van der Waals surface area (Å²) >= 11 is 1.50. The number of hydrogen-bond acceptors (Lipinski definition) is 3. The summed E-state index contributed by atoms with van der Waals surface area (Å²) in [6.07, 6.45) is 0. The van der Waals surface area contributed by atoms with Gasteiger partial charge in [0.05, 0.1) is 4.88 Å². The zero-order chi connectivity index (χ0) is 15.0. The van der Waals surface area contributed by atoms with Gasteiger partial charge in [0, 0.05) is 23.1 Å². The first-order valence-electron chi connectivity index (χ1n) is 6.69. The van der Waals surface area contributed by atoms with Gasteiger partial charge in [-0.1, -0.05) is 18.2 Å². The third-order valence-corrected chi connectivity index (χ3v) is 4.64. The molecule has 1 heterocycles. The van der Waals surface area contributed by atoms with E-state index in [0.29, 0.717) is 5.69 Å². The fourth-order valence-corrected chi connectivity index (χ4v) is 3.40. The van der Waals surface area contributed by atoms with E-state index in [9.17, 15) is 4.79 Å². The standard InChI is InChI=1S/C17H16N2OS/c1-11-5-3-4-6-14(11)19(2)17(20)16-10-12-9-13(18)7-8-15(12)21-16/h3-10H,18H2,1-2H3. The first kappa shape index (κ1) is 13.6. The Hall–Kier alpha value is -2.33. The number of nitrogens with two attached hydrogens (primary N) is 1. The molecular weight excluding hydrogens is 280 g/mol. The van der Waals surface area contributed by atoms with Crippen molar-refractivity contribution in [2.24, 2.45) is 0 Å². The lowest BCUT2D eigenvalue weighted by Gasteiger charge is -2.18. The van der Waals surface area contributed by atoms with E-state index in [4.69, 9.17) is 5.73 Å². The molecule has 0 saturated carbocycles. The lowest BCUT2D eigenvalue weighted by Crippen LogP contribution is -2.25. The summed E-state index contributed by atoms with van der Waals surface area (Å²) in [4.78, 5) is 15.1. The Morgan fingerprint density at radius 3 is 2.67 bits per heavy atom. The second kappa shape index (κ2) is 5.22. The normalized spacial score (nSPS) is 10.8. The van der Waals surface area contributed by atoms with Crippen molar-refractivity contribution in [1.82, 2.24) is 0 Å². The number of nitrogen functional groups attached to an aromatic ring is 1. The van der Waals surface area contributed by atoms with E-state index in [-0.39, 0.29) is 5.91 Å². The SMILES string of the molecule is Cc1ccccc1N(C)C(=O)c1cc2cc(N)ccc2s1. The second-order valence-corrected chi connectivity index (χ2v) is 6.14. The minimum absolute atomic E-state index is 0.00377. The summed E-state index contributed by atoms with van der Waals surface area (Å²) < 4.78 is 1.07. The molecule has 4 heteroatoms. The van der Waals surface area contributed by atoms with Crippen molar-refractivity contribution in [2.75, 3.05) is 17.7 Å². The molecule has 0 unspecified atom stereocenters. The highest BCUT2D eigenvalue weighted by Gasteiger charge is 2.17. The van der Waals surface area contributed by atoms with Crippen LogP contribution in [0.4, 0.5) is 11.4 Å². The largest absolute Gasteiger partial charge is 0.399 e. The number of amides is 1. The topological polar surface area (TPSA) is 46.3 Å². The molecule has 0 bridgehead atoms. The van der Waals surface area contributed by atoms with E-state index in [1.807, 2.05) is 62.5 Å². The molecule has 3 aromatic rings. The molecule has 0 atom stereocenters. The number of fused-ring (bicyclic) bond motifs is 1. The van der Waals surface area contributed by atoms with Crippen molar-refractivity contribution in [3.05, 3.63) is 59.0 Å². The lowest BCUT2D eigenvalue weighted by atomic mass is 10.2. The minimum Gasteiger partial charge on any atom is -0.399 e. The Morgan fingerprint density at radius 1 is 1.14 bits per heavy atom. The van der Waals surface area contributed by atoms with Gasteiger partial charge in [0.15, 0.2) is 0 Å². The van der Waals surface area contributed by atoms with Crippen LogP contribution >= 0.6 is 11.3 Å². The van der Waals surface area contributed by atoms with Crippen LogP contribution in [0.3, 0.4) is 0 Å². The van der Waals surface area contributed by atoms with Gasteiger partial charge in [0.2, 0.25) is 0 Å². The molecule has 0 fully saturated rings. The van der Waals surface area contributed by atoms with E-state index in [0.717, 1.165) is 26.2 Å². The number of aryl methyl sites for hydroxylation is 1. The number of carbonyl (C=O) groups is 1. The summed E-state index contributed by atoms with van der Waals surface area (Å²) in [5.74, 6) is 0.00377. The molecule has 106 valence electrons. The first-order valence-corrected chi connectivity index (χ1v) is 7.50. The number of carbonyl (C=O) groups excluding carboxylic acids is 1. The smallest absolute Gasteiger partial charge is 0.268 e. The van der Waals surface area contributed by atoms with E-state index in [1.54, 1.807) is 4.90 Å². The van der Waals surface area contributed by atoms with Crippen LogP contribution < -0.4 is 10.6 Å². The molecule has 0 radical (unpaired) electrons. The monoisotopic (exact) mass is 296 g/mol. The minimum atomic E-state index is 0.00377. The number of para-hydroxylation sites is 1. The average Bonchev–Trinajstić information content (AvgIpc) is 2.89. The highest BCUT2D eigenvalue weighted by atomic mass is 32.1. The quantitative estimate of drug-likeness (QED) is 0.725. The van der Waals surface area contributed by atoms with Gasteiger partial charge in [0.25, 0.3) is 5.91 Å². The van der Waals surface area contributed by atoms with Gasteiger partial charge in [-0.25, -0.2) is 0 Å². The molecule has 3 rings (SSSR count). The predicted octanol–water partition coefficient (Wildman–Crippen LogP) is 4.07. The van der Waals surface area contributed by atoms with Crippen LogP contribution in [0.25, 0.3) is 10.1 Å². The number of rotatable bonds is 2. The molecule has 0 spiro atoms. The fourth-order valence-electron chi connectivity index (χ4n) is 2.38. The van der Waals surface area contributed by atoms with Gasteiger partial charge in [-0.15, -0.1) is 11.3 Å². The highest BCUT2D eigenvalue weighted by Crippen LogP contribution is 2.29. The van der Waals surface area contributed by atoms with Gasteiger partial charge in [-0.2, -0.15) is 0 Å². The molecule has 2 N–H and O–H groups in total. The van der Waals surface area contributed by atoms with Crippen molar-refractivity contribution < 1.29 is 4.79 Å². The van der Waals surface area contributed by atoms with Gasteiger partial charge < -0.3 is 10.6 Å². The average molecular weight is 296 g/mol. The first-order chi connectivity index (χ1) is 10.1. The Balaban J connectivity index is 1.98. The van der Waals surface area contributed by atoms with Gasteiger partial charge >= 0.3 is 0 Å². The van der Waals surface area contributed by atoms with Gasteiger partial charge in [-0.05, 0) is 48.2 Å². The predicted molar refractivity (Wildman–Crippen MR) is 90.1 cm³/mol. The molecule has 0 aliphatic rings. The zero-order valence-corrected chi connectivity index (χ0v) is 12.8. The molecule has 2 aromatic carbocycles. The van der Waals surface area contributed by atoms with Crippen LogP contribution in [0.5, 0.6) is 0 Å². The van der Waals surface area contributed by atoms with Crippen molar-refractivity contribution >= 4 is 38.7 Å². The maximum atomic E-state index is 12.7. The van der Waals surface area contributed by atoms with E-state index < -0.39 is 0 Å². The van der Waals surface area contributed by atoms with E-state index >= 15 is 0 Å². The van der Waals surface area contributed by atoms with Crippen molar-refractivity contribution in [1.29, 1.82) is 0 Å². The van der Waals surface area contributed by atoms with E-state index in [2.05, 4.69) is 0 Å². The summed E-state index contributed by atoms with van der Waals surface area (Å²) in [7, 11) is 1.81. The maximum Gasteiger partial charge on any atom is 0.268 e. The highest BCUT2D eigenvalue weighted by molar-refractivity contribution is 7.20. The van der Waals surface area contributed by atoms with Crippen molar-refractivity contribution in [2.45, 2.75) is 6.92 Å². The summed E-state index contributed by atoms with van der Waals surface area (Å²) in [6.45, 7) is 2.00. The van der Waals surface area contributed by atoms with Gasteiger partial charge in [-0.3, -0.25) is 4.79 Å². The Labute approximate surface area is 127 Å². The van der Waals surface area contributed by atoms with Crippen LogP contribution in [0.15, 0.2) is 48.5 Å². The Bertz CT molecular complexity index is 823. The fraction of sp³-hybridized carbons (Fsp3) is 0.118. The molecule has 1 aromatic heterocycles. The van der Waals surface area contributed by atoms with E-state index in [1.165, 1.54) is 11.3 Å². The molecule has 0 aliphatic heterocycles. The third kappa shape index (κ3) is 2.50. The summed E-state index contributed by atoms with van der Waals surface area (Å²) in [5, 5.41) is 1.02. The number of thiophene rings is 1. The maximum absolute atomic E-state index is 12.7. The molecule has 0 aliphatic carbocycles. The molecule has 3 nitrogen and oxygen atoms in total. The molecule has 21 heavy (non-hydrogen) atoms. The number of anilines is 2. The number of nitrogens with zero attached hydrogens (tertiary/aromatic N) is 1. The number of benzene rings is 2. The Morgan fingerprint density at radius 2 is 1.90 bits per heavy atom. The van der Waals surface area contributed by atoms with Crippen LogP contribution in [-0.2, 0) is 0 Å². The van der Waals surface area contributed by atoms with Crippen LogP contribution in [0, 0.1) is 6.92 Å². The summed E-state index contributed by atoms with van der Waals surface area (Å²) in [6, 6.07) is 15.5. The molecule has 1 amide bonds. The number of hydrogen-bond donors (Lipinski definition) is 1. The Kier molecular flexibility index (Phi) is 3.39. The van der Waals surface area contributed by atoms with Crippen LogP contribution in [0.2, 0.25) is 0 Å². The van der Waals surface area contributed by atoms with Gasteiger partial charge in [0.1, 0.15) is 0 Å². The third-order valence-electron chi connectivity index (χ3n) is 3.53. The van der Waals surface area contributed by atoms with Crippen molar-refractivity contribution in [3.63, 3.8) is 0 Å². The van der Waals surface area contributed by atoms with Crippen LogP contribution in [-0.4, -0.2) is 13.0 Å². The second-order valence-electron chi connectivity index (χ2n) is 5.06. The zero-order valence-electron chi connectivity index (χ0n) is 12.0. The lowest BCUT2D eigenvalue weighted by molar-refractivity contribution is 0.0997. The molecule has 0 saturated heterocycles. The van der Waals surface area contributed by atoms with Crippen LogP contribution in [0.1, 0.15) is 15.2 Å². The van der Waals surface area contributed by atoms with Crippen molar-refractivity contribution in [3.8, 4) is 0 Å².